The van der Waals surface area contributed by atoms with E-state index in [-0.39, 0.29) is 28.6 Å². The number of aliphatic hydroxyl groups is 1. The molecule has 21 heavy (non-hydrogen) atoms. The Morgan fingerprint density at radius 3 is 2.81 bits per heavy atom. The zero-order valence-corrected chi connectivity index (χ0v) is 13.0. The number of sulfonamides is 1. The van der Waals surface area contributed by atoms with Gasteiger partial charge in [-0.1, -0.05) is 6.92 Å². The number of halogens is 1. The number of rotatable bonds is 4. The number of hydrogen-bond donors (Lipinski definition) is 1. The summed E-state index contributed by atoms with van der Waals surface area (Å²) >= 11 is 0. The van der Waals surface area contributed by atoms with Crippen LogP contribution in [0.15, 0.2) is 17.0 Å². The fourth-order valence-corrected chi connectivity index (χ4v) is 4.29. The van der Waals surface area contributed by atoms with Gasteiger partial charge in [0.2, 0.25) is 10.0 Å². The zero-order chi connectivity index (χ0) is 15.6. The Morgan fingerprint density at radius 2 is 2.19 bits per heavy atom. The van der Waals surface area contributed by atoms with E-state index < -0.39 is 22.4 Å². The molecule has 0 aliphatic carbocycles. The predicted octanol–water partition coefficient (Wildman–Crippen LogP) is 1.43. The van der Waals surface area contributed by atoms with Crippen LogP contribution in [0.25, 0.3) is 0 Å². The first-order chi connectivity index (χ1) is 9.91. The van der Waals surface area contributed by atoms with Crippen LogP contribution in [0.4, 0.5) is 4.39 Å². The standard InChI is InChI=1S/C14H20FNO4S/c1-3-12-9-20-5-4-16(12)21(18,19)13-6-10(2)14(15)11(7-13)8-17/h6-7,12,17H,3-5,8-9H2,1-2H3. The molecule has 1 aliphatic heterocycles. The highest BCUT2D eigenvalue weighted by Gasteiger charge is 2.33. The summed E-state index contributed by atoms with van der Waals surface area (Å²) in [5, 5.41) is 9.17. The third-order valence-corrected chi connectivity index (χ3v) is 5.65. The lowest BCUT2D eigenvalue weighted by Gasteiger charge is -2.34. The number of hydrogen-bond acceptors (Lipinski definition) is 4. The quantitative estimate of drug-likeness (QED) is 0.912. The lowest BCUT2D eigenvalue weighted by molar-refractivity contribution is 0.0314. The van der Waals surface area contributed by atoms with E-state index in [0.29, 0.717) is 19.6 Å². The van der Waals surface area contributed by atoms with Crippen LogP contribution < -0.4 is 0 Å². The van der Waals surface area contributed by atoms with E-state index in [1.807, 2.05) is 6.92 Å². The topological polar surface area (TPSA) is 66.8 Å². The van der Waals surface area contributed by atoms with Crippen LogP contribution in [-0.2, 0) is 21.4 Å². The number of aryl methyl sites for hydroxylation is 1. The van der Waals surface area contributed by atoms with Crippen molar-refractivity contribution < 1.29 is 22.7 Å². The molecule has 1 aromatic carbocycles. The summed E-state index contributed by atoms with van der Waals surface area (Å²) in [6, 6.07) is 2.30. The van der Waals surface area contributed by atoms with E-state index in [1.165, 1.54) is 23.4 Å². The highest BCUT2D eigenvalue weighted by molar-refractivity contribution is 7.89. The van der Waals surface area contributed by atoms with Crippen molar-refractivity contribution in [3.63, 3.8) is 0 Å². The maximum atomic E-state index is 13.8. The highest BCUT2D eigenvalue weighted by Crippen LogP contribution is 2.25. The van der Waals surface area contributed by atoms with E-state index >= 15 is 0 Å². The van der Waals surface area contributed by atoms with Gasteiger partial charge in [0.25, 0.3) is 0 Å². The average molecular weight is 317 g/mol. The maximum absolute atomic E-state index is 13.8. The van der Waals surface area contributed by atoms with Gasteiger partial charge in [-0.3, -0.25) is 0 Å². The molecule has 0 bridgehead atoms. The number of nitrogens with zero attached hydrogens (tertiary/aromatic N) is 1. The van der Waals surface area contributed by atoms with Crippen LogP contribution in [0, 0.1) is 12.7 Å². The van der Waals surface area contributed by atoms with E-state index in [9.17, 15) is 17.9 Å². The second-order valence-corrected chi connectivity index (χ2v) is 7.01. The first-order valence-electron chi connectivity index (χ1n) is 6.91. The van der Waals surface area contributed by atoms with Gasteiger partial charge in [0, 0.05) is 18.2 Å². The van der Waals surface area contributed by atoms with Gasteiger partial charge in [-0.15, -0.1) is 0 Å². The fourth-order valence-electron chi connectivity index (χ4n) is 2.48. The molecule has 1 atom stereocenters. The summed E-state index contributed by atoms with van der Waals surface area (Å²) in [4.78, 5) is 0.0193. The van der Waals surface area contributed by atoms with Gasteiger partial charge in [0.15, 0.2) is 0 Å². The molecule has 1 unspecified atom stereocenters. The Bertz CT molecular complexity index is 618. The third-order valence-electron chi connectivity index (χ3n) is 3.73. The molecule has 0 radical (unpaired) electrons. The van der Waals surface area contributed by atoms with Gasteiger partial charge < -0.3 is 9.84 Å². The molecule has 5 nitrogen and oxygen atoms in total. The maximum Gasteiger partial charge on any atom is 0.243 e. The minimum absolute atomic E-state index is 0.00474. The van der Waals surface area contributed by atoms with Crippen molar-refractivity contribution in [2.75, 3.05) is 19.8 Å². The van der Waals surface area contributed by atoms with Gasteiger partial charge in [-0.05, 0) is 31.0 Å². The number of benzene rings is 1. The summed E-state index contributed by atoms with van der Waals surface area (Å²) in [6.07, 6.45) is 0.645. The fraction of sp³-hybridized carbons (Fsp3) is 0.571. The molecule has 118 valence electrons. The second kappa shape index (κ2) is 6.39. The van der Waals surface area contributed by atoms with Crippen molar-refractivity contribution in [2.24, 2.45) is 0 Å². The second-order valence-electron chi connectivity index (χ2n) is 5.12. The molecule has 1 aliphatic rings. The summed E-state index contributed by atoms with van der Waals surface area (Å²) in [5.74, 6) is -0.564. The van der Waals surface area contributed by atoms with E-state index in [0.717, 1.165) is 0 Å². The molecular weight excluding hydrogens is 297 g/mol. The van der Waals surface area contributed by atoms with Crippen molar-refractivity contribution in [1.29, 1.82) is 0 Å². The van der Waals surface area contributed by atoms with Crippen molar-refractivity contribution in [1.82, 2.24) is 4.31 Å². The Kier molecular flexibility index (Phi) is 4.98. The molecule has 0 spiro atoms. The van der Waals surface area contributed by atoms with E-state index in [4.69, 9.17) is 4.74 Å². The molecule has 1 aromatic rings. The molecule has 7 heteroatoms. The third kappa shape index (κ3) is 3.11. The monoisotopic (exact) mass is 317 g/mol. The highest BCUT2D eigenvalue weighted by atomic mass is 32.2. The van der Waals surface area contributed by atoms with Crippen molar-refractivity contribution >= 4 is 10.0 Å². The van der Waals surface area contributed by atoms with Crippen molar-refractivity contribution in [3.05, 3.63) is 29.1 Å². The van der Waals surface area contributed by atoms with Gasteiger partial charge in [-0.2, -0.15) is 4.31 Å². The number of ether oxygens (including phenoxy) is 1. The first-order valence-corrected chi connectivity index (χ1v) is 8.35. The lowest BCUT2D eigenvalue weighted by Crippen LogP contribution is -2.48. The molecule has 0 aromatic heterocycles. The summed E-state index contributed by atoms with van der Waals surface area (Å²) in [5.41, 5.74) is 0.205. The lowest BCUT2D eigenvalue weighted by atomic mass is 10.1. The van der Waals surface area contributed by atoms with E-state index in [1.54, 1.807) is 0 Å². The van der Waals surface area contributed by atoms with Crippen LogP contribution in [-0.4, -0.2) is 43.6 Å². The van der Waals surface area contributed by atoms with Crippen LogP contribution in [0.2, 0.25) is 0 Å². The van der Waals surface area contributed by atoms with Gasteiger partial charge in [-0.25, -0.2) is 12.8 Å². The molecular formula is C14H20FNO4S. The van der Waals surface area contributed by atoms with Crippen molar-refractivity contribution in [2.45, 2.75) is 37.8 Å². The molecule has 0 saturated carbocycles. The van der Waals surface area contributed by atoms with Gasteiger partial charge in [0.1, 0.15) is 5.82 Å². The molecule has 1 fully saturated rings. The Labute approximate surface area is 124 Å². The van der Waals surface area contributed by atoms with Gasteiger partial charge >= 0.3 is 0 Å². The van der Waals surface area contributed by atoms with Crippen LogP contribution in [0.1, 0.15) is 24.5 Å². The first kappa shape index (κ1) is 16.4. The Hall–Kier alpha value is -1.02. The summed E-state index contributed by atoms with van der Waals surface area (Å²) in [6.45, 7) is 3.86. The molecule has 1 saturated heterocycles. The van der Waals surface area contributed by atoms with Crippen molar-refractivity contribution in [3.8, 4) is 0 Å². The number of morpholine rings is 1. The normalized spacial score (nSPS) is 20.7. The Morgan fingerprint density at radius 1 is 1.48 bits per heavy atom. The minimum Gasteiger partial charge on any atom is -0.392 e. The minimum atomic E-state index is -3.72. The largest absolute Gasteiger partial charge is 0.392 e. The number of aliphatic hydroxyl groups excluding tert-OH is 1. The smallest absolute Gasteiger partial charge is 0.243 e. The van der Waals surface area contributed by atoms with Gasteiger partial charge in [0.05, 0.1) is 24.7 Å². The summed E-state index contributed by atoms with van der Waals surface area (Å²) < 4.78 is 46.0. The molecule has 1 N–H and O–H groups in total. The van der Waals surface area contributed by atoms with Crippen LogP contribution in [0.3, 0.4) is 0 Å². The molecule has 2 rings (SSSR count). The SMILES string of the molecule is CCC1COCCN1S(=O)(=O)c1cc(C)c(F)c(CO)c1. The summed E-state index contributed by atoms with van der Waals surface area (Å²) in [7, 11) is -3.72. The van der Waals surface area contributed by atoms with Crippen LogP contribution in [0.5, 0.6) is 0 Å². The molecule has 0 amide bonds. The average Bonchev–Trinajstić information content (AvgIpc) is 2.49. The van der Waals surface area contributed by atoms with E-state index in [2.05, 4.69) is 0 Å². The predicted molar refractivity (Wildman–Crippen MR) is 75.8 cm³/mol. The zero-order valence-electron chi connectivity index (χ0n) is 12.2. The molecule has 1 heterocycles. The Balaban J connectivity index is 2.46. The van der Waals surface area contributed by atoms with Crippen LogP contribution >= 0.6 is 0 Å².